The topological polar surface area (TPSA) is 70.6 Å². The highest BCUT2D eigenvalue weighted by Gasteiger charge is 2.25. The fourth-order valence-corrected chi connectivity index (χ4v) is 5.48. The quantitative estimate of drug-likeness (QED) is 0.646. The number of piperazine rings is 1. The molecule has 32 heavy (non-hydrogen) atoms. The molecule has 7 nitrogen and oxygen atoms in total. The van der Waals surface area contributed by atoms with Crippen molar-refractivity contribution in [1.29, 1.82) is 0 Å². The second-order valence-electron chi connectivity index (χ2n) is 8.53. The molecule has 1 aromatic carbocycles. The first-order valence-corrected chi connectivity index (χ1v) is 11.7. The molecule has 2 aliphatic heterocycles. The smallest absolute Gasteiger partial charge is 0.227 e. The Balaban J connectivity index is 1.34. The lowest BCUT2D eigenvalue weighted by Gasteiger charge is -2.33. The monoisotopic (exact) mass is 449 g/mol. The maximum absolute atomic E-state index is 11.6. The number of rotatable bonds is 4. The van der Waals surface area contributed by atoms with E-state index in [1.807, 2.05) is 4.90 Å². The number of ether oxygens (including phenoxy) is 1. The summed E-state index contributed by atoms with van der Waals surface area (Å²) in [6.45, 7) is 10.7. The minimum Gasteiger partial charge on any atom is -0.484 e. The predicted molar refractivity (Wildman–Crippen MR) is 126 cm³/mol. The number of nitrogens with one attached hydrogen (secondary N) is 1. The third kappa shape index (κ3) is 4.33. The lowest BCUT2D eigenvalue weighted by Crippen LogP contribution is -2.47. The number of carbonyl (C=O) groups is 1. The molecule has 2 aromatic heterocycles. The standard InChI is InChI=1S/C24H27N5O2S/c1-15-8-16(2)10-18(9-15)26-24-25-12-21-23(27-24)20-11-19(32-22(20)14-31-21)13-28-4-6-29(7-5-28)17(3)30/h8-12H,4-7,13-14H2,1-3H3,(H,25,26,27). The average Bonchev–Trinajstić information content (AvgIpc) is 3.16. The van der Waals surface area contributed by atoms with Crippen LogP contribution < -0.4 is 10.1 Å². The van der Waals surface area contributed by atoms with E-state index in [1.54, 1.807) is 24.5 Å². The van der Waals surface area contributed by atoms with Crippen molar-refractivity contribution in [3.63, 3.8) is 0 Å². The fraction of sp³-hybridized carbons (Fsp3) is 0.375. The first-order chi connectivity index (χ1) is 15.4. The summed E-state index contributed by atoms with van der Waals surface area (Å²) in [6.07, 6.45) is 1.76. The molecule has 1 amide bonds. The van der Waals surface area contributed by atoms with Crippen LogP contribution in [0.5, 0.6) is 5.75 Å². The molecule has 0 radical (unpaired) electrons. The lowest BCUT2D eigenvalue weighted by molar-refractivity contribution is -0.130. The maximum Gasteiger partial charge on any atom is 0.227 e. The Morgan fingerprint density at radius 1 is 1.12 bits per heavy atom. The molecule has 1 N–H and O–H groups in total. The van der Waals surface area contributed by atoms with E-state index >= 15 is 0 Å². The highest BCUT2D eigenvalue weighted by atomic mass is 32.1. The number of fused-ring (bicyclic) bond motifs is 3. The van der Waals surface area contributed by atoms with Crippen molar-refractivity contribution in [3.05, 3.63) is 51.3 Å². The van der Waals surface area contributed by atoms with Crippen molar-refractivity contribution in [2.24, 2.45) is 0 Å². The minimum absolute atomic E-state index is 0.162. The number of hydrogen-bond donors (Lipinski definition) is 1. The Bertz CT molecular complexity index is 1150. The Morgan fingerprint density at radius 3 is 2.59 bits per heavy atom. The van der Waals surface area contributed by atoms with Gasteiger partial charge in [0.1, 0.15) is 12.3 Å². The van der Waals surface area contributed by atoms with Crippen LogP contribution in [0.3, 0.4) is 0 Å². The molecule has 5 rings (SSSR count). The van der Waals surface area contributed by atoms with Gasteiger partial charge in [0.15, 0.2) is 5.75 Å². The van der Waals surface area contributed by atoms with Gasteiger partial charge in [0, 0.05) is 55.8 Å². The number of thiophene rings is 1. The number of carbonyl (C=O) groups excluding carboxylic acids is 1. The Labute approximate surface area is 192 Å². The highest BCUT2D eigenvalue weighted by molar-refractivity contribution is 7.12. The SMILES string of the molecule is CC(=O)N1CCN(Cc2cc3c(s2)COc2cnc(Nc4cc(C)cc(C)c4)nc2-3)CC1. The van der Waals surface area contributed by atoms with Crippen LogP contribution in [0, 0.1) is 13.8 Å². The maximum atomic E-state index is 11.6. The van der Waals surface area contributed by atoms with Gasteiger partial charge in [-0.2, -0.15) is 0 Å². The Morgan fingerprint density at radius 2 is 1.88 bits per heavy atom. The molecule has 1 saturated heterocycles. The van der Waals surface area contributed by atoms with Crippen LogP contribution in [0.25, 0.3) is 11.3 Å². The molecule has 4 heterocycles. The summed E-state index contributed by atoms with van der Waals surface area (Å²) < 4.78 is 5.94. The van der Waals surface area contributed by atoms with E-state index in [9.17, 15) is 4.79 Å². The Hall–Kier alpha value is -2.97. The first-order valence-electron chi connectivity index (χ1n) is 10.9. The van der Waals surface area contributed by atoms with Gasteiger partial charge in [-0.15, -0.1) is 11.3 Å². The minimum atomic E-state index is 0.162. The first kappa shape index (κ1) is 20.9. The zero-order chi connectivity index (χ0) is 22.2. The molecule has 0 bridgehead atoms. The van der Waals surface area contributed by atoms with Gasteiger partial charge < -0.3 is 15.0 Å². The molecule has 0 aliphatic carbocycles. The summed E-state index contributed by atoms with van der Waals surface area (Å²) in [5.74, 6) is 1.45. The molecule has 8 heteroatoms. The van der Waals surface area contributed by atoms with Crippen LogP contribution in [-0.2, 0) is 17.9 Å². The number of anilines is 2. The van der Waals surface area contributed by atoms with E-state index in [1.165, 1.54) is 20.9 Å². The number of benzene rings is 1. The van der Waals surface area contributed by atoms with Crippen molar-refractivity contribution in [2.45, 2.75) is 33.9 Å². The molecular formula is C24H27N5O2S. The summed E-state index contributed by atoms with van der Waals surface area (Å²) >= 11 is 1.79. The van der Waals surface area contributed by atoms with Crippen LogP contribution in [0.1, 0.15) is 27.8 Å². The molecular weight excluding hydrogens is 422 g/mol. The van der Waals surface area contributed by atoms with E-state index in [-0.39, 0.29) is 5.91 Å². The highest BCUT2D eigenvalue weighted by Crippen LogP contribution is 2.41. The third-order valence-corrected chi connectivity index (χ3v) is 7.00. The normalized spacial score (nSPS) is 15.7. The Kier molecular flexibility index (Phi) is 5.57. The van der Waals surface area contributed by atoms with Crippen LogP contribution in [0.2, 0.25) is 0 Å². The zero-order valence-corrected chi connectivity index (χ0v) is 19.5. The zero-order valence-electron chi connectivity index (χ0n) is 18.6. The number of aromatic nitrogens is 2. The molecule has 2 aliphatic rings. The molecule has 0 atom stereocenters. The van der Waals surface area contributed by atoms with Gasteiger partial charge in [0.25, 0.3) is 0 Å². The second kappa shape index (κ2) is 8.52. The van der Waals surface area contributed by atoms with Crippen molar-refractivity contribution in [1.82, 2.24) is 19.8 Å². The molecule has 1 fully saturated rings. The van der Waals surface area contributed by atoms with Gasteiger partial charge in [-0.3, -0.25) is 9.69 Å². The molecule has 0 spiro atoms. The van der Waals surface area contributed by atoms with E-state index in [2.05, 4.69) is 53.3 Å². The van der Waals surface area contributed by atoms with Crippen LogP contribution in [-0.4, -0.2) is 51.9 Å². The summed E-state index contributed by atoms with van der Waals surface area (Å²) in [5.41, 5.74) is 5.36. The number of nitrogens with zero attached hydrogens (tertiary/aromatic N) is 4. The van der Waals surface area contributed by atoms with Gasteiger partial charge in [-0.1, -0.05) is 6.07 Å². The molecule has 3 aromatic rings. The van der Waals surface area contributed by atoms with E-state index < -0.39 is 0 Å². The number of hydrogen-bond acceptors (Lipinski definition) is 7. The molecule has 166 valence electrons. The van der Waals surface area contributed by atoms with Gasteiger partial charge in [0.05, 0.1) is 11.1 Å². The third-order valence-electron chi connectivity index (χ3n) is 5.90. The van der Waals surface area contributed by atoms with Gasteiger partial charge in [-0.05, 0) is 43.2 Å². The van der Waals surface area contributed by atoms with Gasteiger partial charge in [-0.25, -0.2) is 9.97 Å². The summed E-state index contributed by atoms with van der Waals surface area (Å²) in [4.78, 5) is 27.6. The molecule has 0 saturated carbocycles. The van der Waals surface area contributed by atoms with Crippen molar-refractivity contribution in [3.8, 4) is 17.0 Å². The number of aryl methyl sites for hydroxylation is 2. The van der Waals surface area contributed by atoms with Crippen LogP contribution in [0.4, 0.5) is 11.6 Å². The molecule has 0 unspecified atom stereocenters. The summed E-state index contributed by atoms with van der Waals surface area (Å²) in [7, 11) is 0. The van der Waals surface area contributed by atoms with Crippen LogP contribution >= 0.6 is 11.3 Å². The van der Waals surface area contributed by atoms with E-state index in [4.69, 9.17) is 9.72 Å². The fourth-order valence-electron chi connectivity index (χ4n) is 4.36. The predicted octanol–water partition coefficient (Wildman–Crippen LogP) is 4.12. The number of amides is 1. The second-order valence-corrected chi connectivity index (χ2v) is 9.75. The van der Waals surface area contributed by atoms with Crippen molar-refractivity contribution >= 4 is 28.9 Å². The van der Waals surface area contributed by atoms with E-state index in [0.717, 1.165) is 55.4 Å². The largest absolute Gasteiger partial charge is 0.484 e. The van der Waals surface area contributed by atoms with Gasteiger partial charge >= 0.3 is 0 Å². The van der Waals surface area contributed by atoms with E-state index in [0.29, 0.717) is 12.6 Å². The van der Waals surface area contributed by atoms with Crippen molar-refractivity contribution in [2.75, 3.05) is 31.5 Å². The lowest BCUT2D eigenvalue weighted by atomic mass is 10.1. The summed E-state index contributed by atoms with van der Waals surface area (Å²) in [6, 6.07) is 8.57. The van der Waals surface area contributed by atoms with Crippen LogP contribution in [0.15, 0.2) is 30.5 Å². The van der Waals surface area contributed by atoms with Crippen molar-refractivity contribution < 1.29 is 9.53 Å². The van der Waals surface area contributed by atoms with Gasteiger partial charge in [0.2, 0.25) is 11.9 Å². The average molecular weight is 450 g/mol. The summed E-state index contributed by atoms with van der Waals surface area (Å²) in [5, 5.41) is 3.34.